The zero-order valence-corrected chi connectivity index (χ0v) is 11.1. The standard InChI is InChI=1S/C11H18Cl2O4/c12-7-11(8-13,5-1-3-9(14)15)6-2-4-10(16)17/h1-8H2,(H,14,15)(H,16,17). The lowest BCUT2D eigenvalue weighted by Crippen LogP contribution is -2.26. The van der Waals surface area contributed by atoms with Crippen LogP contribution in [0.5, 0.6) is 0 Å². The Balaban J connectivity index is 4.14. The van der Waals surface area contributed by atoms with Gasteiger partial charge in [-0.25, -0.2) is 0 Å². The molecule has 0 spiro atoms. The minimum Gasteiger partial charge on any atom is -0.481 e. The summed E-state index contributed by atoms with van der Waals surface area (Å²) in [6.07, 6.45) is 2.45. The van der Waals surface area contributed by atoms with E-state index < -0.39 is 11.9 Å². The number of hydrogen-bond donors (Lipinski definition) is 2. The Morgan fingerprint density at radius 3 is 1.47 bits per heavy atom. The van der Waals surface area contributed by atoms with Crippen LogP contribution in [0.4, 0.5) is 0 Å². The maximum atomic E-state index is 10.4. The first-order valence-corrected chi connectivity index (χ1v) is 6.58. The highest BCUT2D eigenvalue weighted by Crippen LogP contribution is 2.33. The van der Waals surface area contributed by atoms with Gasteiger partial charge in [-0.05, 0) is 31.1 Å². The zero-order valence-electron chi connectivity index (χ0n) is 9.62. The summed E-state index contributed by atoms with van der Waals surface area (Å²) in [5.74, 6) is -1.02. The van der Waals surface area contributed by atoms with Crippen LogP contribution < -0.4 is 0 Å². The Kier molecular flexibility index (Phi) is 8.35. The lowest BCUT2D eigenvalue weighted by atomic mass is 9.82. The predicted molar refractivity (Wildman–Crippen MR) is 66.8 cm³/mol. The second-order valence-electron chi connectivity index (χ2n) is 4.26. The molecule has 0 heterocycles. The summed E-state index contributed by atoms with van der Waals surface area (Å²) in [6.45, 7) is 0. The van der Waals surface area contributed by atoms with Gasteiger partial charge in [0.2, 0.25) is 0 Å². The van der Waals surface area contributed by atoms with Crippen molar-refractivity contribution < 1.29 is 19.8 Å². The number of alkyl halides is 2. The highest BCUT2D eigenvalue weighted by atomic mass is 35.5. The molecule has 0 aromatic carbocycles. The van der Waals surface area contributed by atoms with E-state index in [9.17, 15) is 9.59 Å². The van der Waals surface area contributed by atoms with Crippen LogP contribution in [0.2, 0.25) is 0 Å². The molecular formula is C11H18Cl2O4. The molecule has 0 atom stereocenters. The molecule has 0 aromatic rings. The maximum Gasteiger partial charge on any atom is 0.303 e. The SMILES string of the molecule is O=C(O)CCCC(CCl)(CCl)CCCC(=O)O. The number of rotatable bonds is 10. The third kappa shape index (κ3) is 7.45. The third-order valence-corrected chi connectivity index (χ3v) is 3.90. The molecule has 0 bridgehead atoms. The van der Waals surface area contributed by atoms with E-state index in [1.807, 2.05) is 0 Å². The molecule has 17 heavy (non-hydrogen) atoms. The molecule has 0 unspecified atom stereocenters. The van der Waals surface area contributed by atoms with Crippen LogP contribution in [0.15, 0.2) is 0 Å². The molecule has 0 fully saturated rings. The molecule has 0 aliphatic rings. The Morgan fingerprint density at radius 2 is 1.24 bits per heavy atom. The molecule has 6 heteroatoms. The summed E-state index contributed by atoms with van der Waals surface area (Å²) in [4.78, 5) is 20.8. The smallest absolute Gasteiger partial charge is 0.303 e. The minimum absolute atomic E-state index is 0.0917. The van der Waals surface area contributed by atoms with Gasteiger partial charge in [0.15, 0.2) is 0 Å². The van der Waals surface area contributed by atoms with Crippen LogP contribution in [-0.2, 0) is 9.59 Å². The molecule has 0 radical (unpaired) electrons. The third-order valence-electron chi connectivity index (χ3n) is 2.76. The molecular weight excluding hydrogens is 267 g/mol. The lowest BCUT2D eigenvalue weighted by Gasteiger charge is -2.29. The fourth-order valence-corrected chi connectivity index (χ4v) is 2.48. The van der Waals surface area contributed by atoms with E-state index in [2.05, 4.69) is 0 Å². The van der Waals surface area contributed by atoms with E-state index >= 15 is 0 Å². The van der Waals surface area contributed by atoms with Gasteiger partial charge in [-0.3, -0.25) is 9.59 Å². The van der Waals surface area contributed by atoms with Crippen molar-refractivity contribution in [3.63, 3.8) is 0 Å². The summed E-state index contributed by atoms with van der Waals surface area (Å²) in [5.41, 5.74) is -0.339. The Labute approximate surface area is 111 Å². The van der Waals surface area contributed by atoms with Crippen LogP contribution in [0, 0.1) is 5.41 Å². The molecule has 0 aliphatic carbocycles. The van der Waals surface area contributed by atoms with Crippen molar-refractivity contribution in [2.75, 3.05) is 11.8 Å². The van der Waals surface area contributed by atoms with Crippen molar-refractivity contribution in [1.82, 2.24) is 0 Å². The molecule has 0 rings (SSSR count). The van der Waals surface area contributed by atoms with Gasteiger partial charge >= 0.3 is 11.9 Å². The summed E-state index contributed by atoms with van der Waals surface area (Å²) in [6, 6.07) is 0. The van der Waals surface area contributed by atoms with Gasteiger partial charge in [-0.1, -0.05) is 0 Å². The van der Waals surface area contributed by atoms with Crippen LogP contribution in [-0.4, -0.2) is 33.9 Å². The largest absolute Gasteiger partial charge is 0.481 e. The number of aliphatic carboxylic acids is 2. The highest BCUT2D eigenvalue weighted by molar-refractivity contribution is 6.21. The van der Waals surface area contributed by atoms with E-state index in [0.29, 0.717) is 37.4 Å². The van der Waals surface area contributed by atoms with E-state index in [1.165, 1.54) is 0 Å². The molecule has 0 saturated heterocycles. The quantitative estimate of drug-likeness (QED) is 0.605. The first-order valence-electron chi connectivity index (χ1n) is 5.51. The highest BCUT2D eigenvalue weighted by Gasteiger charge is 2.28. The average molecular weight is 285 g/mol. The summed E-state index contributed by atoms with van der Waals surface area (Å²) in [7, 11) is 0. The molecule has 100 valence electrons. The van der Waals surface area contributed by atoms with Gasteiger partial charge in [-0.2, -0.15) is 0 Å². The first kappa shape index (κ1) is 16.5. The van der Waals surface area contributed by atoms with Gasteiger partial charge in [0.1, 0.15) is 0 Å². The monoisotopic (exact) mass is 284 g/mol. The molecule has 0 amide bonds. The van der Waals surface area contributed by atoms with Gasteiger partial charge < -0.3 is 10.2 Å². The fourth-order valence-electron chi connectivity index (χ4n) is 1.66. The van der Waals surface area contributed by atoms with Crippen molar-refractivity contribution in [3.05, 3.63) is 0 Å². The number of halogens is 2. The van der Waals surface area contributed by atoms with E-state index in [-0.39, 0.29) is 18.3 Å². The second kappa shape index (κ2) is 8.59. The van der Waals surface area contributed by atoms with E-state index in [1.54, 1.807) is 0 Å². The summed E-state index contributed by atoms with van der Waals surface area (Å²) in [5, 5.41) is 17.1. The maximum absolute atomic E-state index is 10.4. The zero-order chi connectivity index (χ0) is 13.3. The van der Waals surface area contributed by atoms with Crippen LogP contribution >= 0.6 is 23.2 Å². The summed E-state index contributed by atoms with van der Waals surface area (Å²) < 4.78 is 0. The van der Waals surface area contributed by atoms with Crippen molar-refractivity contribution in [2.24, 2.45) is 5.41 Å². The molecule has 4 nitrogen and oxygen atoms in total. The van der Waals surface area contributed by atoms with Crippen LogP contribution in [0.25, 0.3) is 0 Å². The average Bonchev–Trinajstić information content (AvgIpc) is 2.26. The van der Waals surface area contributed by atoms with Crippen molar-refractivity contribution in [3.8, 4) is 0 Å². The van der Waals surface area contributed by atoms with Crippen molar-refractivity contribution in [1.29, 1.82) is 0 Å². The minimum atomic E-state index is -0.839. The normalized spacial score (nSPS) is 11.4. The summed E-state index contributed by atoms with van der Waals surface area (Å²) >= 11 is 11.8. The van der Waals surface area contributed by atoms with E-state index in [4.69, 9.17) is 33.4 Å². The lowest BCUT2D eigenvalue weighted by molar-refractivity contribution is -0.138. The van der Waals surface area contributed by atoms with Gasteiger partial charge in [0.05, 0.1) is 0 Å². The van der Waals surface area contributed by atoms with Gasteiger partial charge in [-0.15, -0.1) is 23.2 Å². The number of hydrogen-bond acceptors (Lipinski definition) is 2. The second-order valence-corrected chi connectivity index (χ2v) is 4.80. The number of carboxylic acids is 2. The molecule has 0 aromatic heterocycles. The Morgan fingerprint density at radius 1 is 0.882 bits per heavy atom. The van der Waals surface area contributed by atoms with Gasteiger partial charge in [0, 0.05) is 24.6 Å². The number of carbonyl (C=O) groups is 2. The van der Waals surface area contributed by atoms with E-state index in [0.717, 1.165) is 0 Å². The fraction of sp³-hybridized carbons (Fsp3) is 0.818. The molecule has 2 N–H and O–H groups in total. The number of carboxylic acid groups (broad SMARTS) is 2. The first-order chi connectivity index (χ1) is 7.95. The van der Waals surface area contributed by atoms with Crippen molar-refractivity contribution >= 4 is 35.1 Å². The molecule has 0 saturated carbocycles. The predicted octanol–water partition coefficient (Wildman–Crippen LogP) is 2.96. The Bertz CT molecular complexity index is 230. The topological polar surface area (TPSA) is 74.6 Å². The van der Waals surface area contributed by atoms with Gasteiger partial charge in [0.25, 0.3) is 0 Å². The van der Waals surface area contributed by atoms with Crippen LogP contribution in [0.3, 0.4) is 0 Å². The Hall–Kier alpha value is -0.480. The van der Waals surface area contributed by atoms with Crippen LogP contribution in [0.1, 0.15) is 38.5 Å². The molecule has 0 aliphatic heterocycles. The van der Waals surface area contributed by atoms with Crippen molar-refractivity contribution in [2.45, 2.75) is 38.5 Å².